The van der Waals surface area contributed by atoms with Crippen molar-refractivity contribution < 1.29 is 19.1 Å². The Bertz CT molecular complexity index is 773. The normalized spacial score (nSPS) is 15.1. The van der Waals surface area contributed by atoms with Crippen LogP contribution in [0.2, 0.25) is 0 Å². The van der Waals surface area contributed by atoms with Crippen molar-refractivity contribution in [3.8, 4) is 0 Å². The summed E-state index contributed by atoms with van der Waals surface area (Å²) in [5, 5.41) is 11.4. The van der Waals surface area contributed by atoms with Gasteiger partial charge in [-0.2, -0.15) is 0 Å². The van der Waals surface area contributed by atoms with Crippen LogP contribution in [-0.2, 0) is 11.2 Å². The van der Waals surface area contributed by atoms with Crippen molar-refractivity contribution in [2.45, 2.75) is 38.3 Å². The fraction of sp³-hybridized carbons (Fsp3) is 0.353. The number of carboxylic acids is 1. The molecular weight excluding hydrogens is 331 g/mol. The number of carbonyl (C=O) groups excluding carboxylic acids is 1. The van der Waals surface area contributed by atoms with Crippen molar-refractivity contribution in [2.75, 3.05) is 0 Å². The molecule has 1 amide bonds. The molecule has 1 saturated carbocycles. The largest absolute Gasteiger partial charge is 0.480 e. The number of hydrogen-bond acceptors (Lipinski definition) is 4. The monoisotopic (exact) mass is 348 g/mol. The van der Waals surface area contributed by atoms with Gasteiger partial charge in [-0.1, -0.05) is 18.2 Å². The Labute approximate surface area is 142 Å². The van der Waals surface area contributed by atoms with Crippen molar-refractivity contribution in [1.82, 2.24) is 9.88 Å². The SMILES string of the molecule is CC(C(=O)O)N(C(=O)c1csc(Cc2ccccc2F)n1)C1CC1. The van der Waals surface area contributed by atoms with Gasteiger partial charge in [-0.15, -0.1) is 11.3 Å². The molecular formula is C17H17FN2O3S. The molecule has 0 radical (unpaired) electrons. The van der Waals surface area contributed by atoms with Gasteiger partial charge in [0.15, 0.2) is 0 Å². The van der Waals surface area contributed by atoms with Gasteiger partial charge >= 0.3 is 5.97 Å². The fourth-order valence-electron chi connectivity index (χ4n) is 2.56. The maximum absolute atomic E-state index is 13.7. The second kappa shape index (κ2) is 6.68. The summed E-state index contributed by atoms with van der Waals surface area (Å²) in [6, 6.07) is 5.53. The third-order valence-electron chi connectivity index (χ3n) is 4.02. The molecule has 7 heteroatoms. The number of carbonyl (C=O) groups is 2. The molecule has 1 N–H and O–H groups in total. The third kappa shape index (κ3) is 3.46. The molecule has 24 heavy (non-hydrogen) atoms. The van der Waals surface area contributed by atoms with Crippen molar-refractivity contribution in [3.05, 3.63) is 51.7 Å². The van der Waals surface area contributed by atoms with Gasteiger partial charge in [-0.05, 0) is 31.4 Å². The Morgan fingerprint density at radius 1 is 1.42 bits per heavy atom. The first-order valence-corrected chi connectivity index (χ1v) is 8.58. The van der Waals surface area contributed by atoms with Crippen molar-refractivity contribution in [3.63, 3.8) is 0 Å². The summed E-state index contributed by atoms with van der Waals surface area (Å²) in [5.74, 6) is -1.71. The summed E-state index contributed by atoms with van der Waals surface area (Å²) >= 11 is 1.28. The molecule has 0 saturated heterocycles. The number of nitrogens with zero attached hydrogens (tertiary/aromatic N) is 2. The lowest BCUT2D eigenvalue weighted by atomic mass is 10.1. The van der Waals surface area contributed by atoms with E-state index in [-0.39, 0.29) is 23.5 Å². The number of thiazole rings is 1. The van der Waals surface area contributed by atoms with Crippen molar-refractivity contribution in [2.24, 2.45) is 0 Å². The average molecular weight is 348 g/mol. The summed E-state index contributed by atoms with van der Waals surface area (Å²) in [7, 11) is 0. The van der Waals surface area contributed by atoms with Gasteiger partial charge in [0.25, 0.3) is 5.91 Å². The molecule has 126 valence electrons. The fourth-order valence-corrected chi connectivity index (χ4v) is 3.35. The highest BCUT2D eigenvalue weighted by Crippen LogP contribution is 2.30. The van der Waals surface area contributed by atoms with Gasteiger partial charge in [-0.25, -0.2) is 14.2 Å². The van der Waals surface area contributed by atoms with Crippen LogP contribution in [0, 0.1) is 5.82 Å². The maximum Gasteiger partial charge on any atom is 0.326 e. The zero-order valence-electron chi connectivity index (χ0n) is 13.1. The van der Waals surface area contributed by atoms with Crippen LogP contribution in [0.1, 0.15) is 40.8 Å². The van der Waals surface area contributed by atoms with E-state index in [2.05, 4.69) is 4.98 Å². The number of hydrogen-bond donors (Lipinski definition) is 1. The van der Waals surface area contributed by atoms with Crippen LogP contribution in [0.15, 0.2) is 29.6 Å². The van der Waals surface area contributed by atoms with Crippen LogP contribution in [-0.4, -0.2) is 39.0 Å². The second-order valence-corrected chi connectivity index (χ2v) is 6.80. The van der Waals surface area contributed by atoms with E-state index < -0.39 is 12.0 Å². The molecule has 1 heterocycles. The van der Waals surface area contributed by atoms with E-state index in [1.165, 1.54) is 29.2 Å². The number of aromatic nitrogens is 1. The Hall–Kier alpha value is -2.28. The molecule has 1 unspecified atom stereocenters. The number of halogens is 1. The second-order valence-electron chi connectivity index (χ2n) is 5.85. The van der Waals surface area contributed by atoms with E-state index in [1.807, 2.05) is 0 Å². The summed E-state index contributed by atoms with van der Waals surface area (Å²) in [6.45, 7) is 1.51. The van der Waals surface area contributed by atoms with Crippen LogP contribution in [0.4, 0.5) is 4.39 Å². The van der Waals surface area contributed by atoms with Crippen LogP contribution >= 0.6 is 11.3 Å². The Kier molecular flexibility index (Phi) is 4.62. The molecule has 0 aliphatic heterocycles. The van der Waals surface area contributed by atoms with Crippen LogP contribution in [0.5, 0.6) is 0 Å². The quantitative estimate of drug-likeness (QED) is 0.871. The summed E-state index contributed by atoms with van der Waals surface area (Å²) < 4.78 is 13.7. The molecule has 1 atom stereocenters. The average Bonchev–Trinajstić information content (AvgIpc) is 3.27. The Morgan fingerprint density at radius 2 is 2.12 bits per heavy atom. The zero-order valence-corrected chi connectivity index (χ0v) is 13.9. The molecule has 2 aromatic rings. The standard InChI is InChI=1S/C17H17FN2O3S/c1-10(17(22)23)20(12-6-7-12)16(21)14-9-24-15(19-14)8-11-4-2-3-5-13(11)18/h2-5,9-10,12H,6-8H2,1H3,(H,22,23). The molecule has 1 fully saturated rings. The lowest BCUT2D eigenvalue weighted by molar-refractivity contribution is -0.141. The third-order valence-corrected chi connectivity index (χ3v) is 4.87. The van der Waals surface area contributed by atoms with Gasteiger partial charge in [0, 0.05) is 17.8 Å². The minimum Gasteiger partial charge on any atom is -0.480 e. The molecule has 1 aromatic heterocycles. The molecule has 0 spiro atoms. The number of amides is 1. The highest BCUT2D eigenvalue weighted by molar-refractivity contribution is 7.09. The predicted octanol–water partition coefficient (Wildman–Crippen LogP) is 2.95. The topological polar surface area (TPSA) is 70.5 Å². The number of aliphatic carboxylic acids is 1. The first-order chi connectivity index (χ1) is 11.5. The number of carboxylic acid groups (broad SMARTS) is 1. The minimum absolute atomic E-state index is 0.0275. The minimum atomic E-state index is -1.03. The van der Waals surface area contributed by atoms with Crippen molar-refractivity contribution >= 4 is 23.2 Å². The van der Waals surface area contributed by atoms with Crippen LogP contribution < -0.4 is 0 Å². The van der Waals surface area contributed by atoms with Gasteiger partial charge in [0.05, 0.1) is 5.01 Å². The molecule has 5 nitrogen and oxygen atoms in total. The van der Waals surface area contributed by atoms with E-state index >= 15 is 0 Å². The van der Waals surface area contributed by atoms with E-state index in [0.717, 1.165) is 12.8 Å². The summed E-state index contributed by atoms with van der Waals surface area (Å²) in [5.41, 5.74) is 0.746. The van der Waals surface area contributed by atoms with Gasteiger partial charge in [0.1, 0.15) is 17.6 Å². The maximum atomic E-state index is 13.7. The predicted molar refractivity (Wildman–Crippen MR) is 87.6 cm³/mol. The molecule has 1 aliphatic carbocycles. The highest BCUT2D eigenvalue weighted by atomic mass is 32.1. The lowest BCUT2D eigenvalue weighted by Gasteiger charge is -2.25. The van der Waals surface area contributed by atoms with Crippen LogP contribution in [0.25, 0.3) is 0 Å². The van der Waals surface area contributed by atoms with E-state index in [1.54, 1.807) is 23.6 Å². The molecule has 0 bridgehead atoms. The Balaban J connectivity index is 1.78. The highest BCUT2D eigenvalue weighted by Gasteiger charge is 2.39. The smallest absolute Gasteiger partial charge is 0.326 e. The first kappa shape index (κ1) is 16.6. The molecule has 1 aliphatic rings. The summed E-state index contributed by atoms with van der Waals surface area (Å²) in [4.78, 5) is 29.6. The number of rotatable bonds is 6. The van der Waals surface area contributed by atoms with Gasteiger partial charge < -0.3 is 10.0 Å². The van der Waals surface area contributed by atoms with Gasteiger partial charge in [0.2, 0.25) is 0 Å². The van der Waals surface area contributed by atoms with E-state index in [9.17, 15) is 19.1 Å². The van der Waals surface area contributed by atoms with E-state index in [4.69, 9.17) is 0 Å². The number of benzene rings is 1. The van der Waals surface area contributed by atoms with Crippen LogP contribution in [0.3, 0.4) is 0 Å². The molecule has 3 rings (SSSR count). The first-order valence-electron chi connectivity index (χ1n) is 7.70. The zero-order chi connectivity index (χ0) is 17.3. The van der Waals surface area contributed by atoms with Crippen molar-refractivity contribution in [1.29, 1.82) is 0 Å². The van der Waals surface area contributed by atoms with E-state index in [0.29, 0.717) is 17.0 Å². The Morgan fingerprint density at radius 3 is 2.75 bits per heavy atom. The summed E-state index contributed by atoms with van der Waals surface area (Å²) in [6.07, 6.45) is 1.94. The van der Waals surface area contributed by atoms with Gasteiger partial charge in [-0.3, -0.25) is 4.79 Å². The molecule has 1 aromatic carbocycles. The lowest BCUT2D eigenvalue weighted by Crippen LogP contribution is -2.44.